The maximum absolute atomic E-state index is 5.55. The monoisotopic (exact) mass is 233 g/mol. The molecule has 0 unspecified atom stereocenters. The second-order valence-corrected chi connectivity index (χ2v) is 5.35. The van der Waals surface area contributed by atoms with Crippen molar-refractivity contribution in [3.05, 3.63) is 29.8 Å². The van der Waals surface area contributed by atoms with E-state index in [0.717, 1.165) is 18.0 Å². The van der Waals surface area contributed by atoms with Crippen LogP contribution in [0.2, 0.25) is 0 Å². The van der Waals surface area contributed by atoms with Gasteiger partial charge in [0.05, 0.1) is 4.99 Å². The predicted molar refractivity (Wildman–Crippen MR) is 74.2 cm³/mol. The number of fused-ring (bicyclic) bond motifs is 1. The van der Waals surface area contributed by atoms with Gasteiger partial charge in [-0.05, 0) is 30.4 Å². The van der Waals surface area contributed by atoms with Crippen molar-refractivity contribution in [1.29, 1.82) is 0 Å². The molecule has 0 aliphatic carbocycles. The largest absolute Gasteiger partial charge is 0.336 e. The summed E-state index contributed by atoms with van der Waals surface area (Å²) >= 11 is 5.55. The second-order valence-electron chi connectivity index (χ2n) is 4.88. The first-order valence-electron chi connectivity index (χ1n) is 6.06. The van der Waals surface area contributed by atoms with Crippen molar-refractivity contribution in [2.24, 2.45) is 5.92 Å². The van der Waals surface area contributed by atoms with E-state index in [9.17, 15) is 0 Å². The van der Waals surface area contributed by atoms with Crippen LogP contribution in [-0.2, 0) is 6.42 Å². The van der Waals surface area contributed by atoms with Gasteiger partial charge < -0.3 is 4.90 Å². The molecule has 2 rings (SSSR count). The van der Waals surface area contributed by atoms with E-state index in [4.69, 9.17) is 12.2 Å². The lowest BCUT2D eigenvalue weighted by molar-refractivity contribution is 0.674. The van der Waals surface area contributed by atoms with Crippen LogP contribution in [0.25, 0.3) is 0 Å². The van der Waals surface area contributed by atoms with Gasteiger partial charge in [-0.3, -0.25) is 0 Å². The van der Waals surface area contributed by atoms with E-state index in [0.29, 0.717) is 5.92 Å². The number of thiocarbonyl (C=S) groups is 1. The molecule has 0 spiro atoms. The smallest absolute Gasteiger partial charge is 0.0826 e. The van der Waals surface area contributed by atoms with Gasteiger partial charge >= 0.3 is 0 Å². The van der Waals surface area contributed by atoms with Gasteiger partial charge in [0.25, 0.3) is 0 Å². The summed E-state index contributed by atoms with van der Waals surface area (Å²) in [5.41, 5.74) is 2.78. The van der Waals surface area contributed by atoms with Gasteiger partial charge in [0.15, 0.2) is 0 Å². The van der Waals surface area contributed by atoms with Crippen LogP contribution in [-0.4, -0.2) is 11.5 Å². The number of anilines is 1. The quantitative estimate of drug-likeness (QED) is 0.715. The summed E-state index contributed by atoms with van der Waals surface area (Å²) in [5, 5.41) is 0. The normalized spacial score (nSPS) is 15.1. The molecule has 0 aromatic heterocycles. The van der Waals surface area contributed by atoms with Crippen LogP contribution in [0.3, 0.4) is 0 Å². The summed E-state index contributed by atoms with van der Waals surface area (Å²) in [6.07, 6.45) is 3.43. The van der Waals surface area contributed by atoms with E-state index in [1.807, 2.05) is 0 Å². The zero-order valence-electron chi connectivity index (χ0n) is 10.1. The van der Waals surface area contributed by atoms with E-state index < -0.39 is 0 Å². The Balaban J connectivity index is 2.21. The third kappa shape index (κ3) is 2.43. The Morgan fingerprint density at radius 1 is 1.38 bits per heavy atom. The average molecular weight is 233 g/mol. The fourth-order valence-electron chi connectivity index (χ4n) is 2.25. The minimum Gasteiger partial charge on any atom is -0.336 e. The zero-order valence-corrected chi connectivity index (χ0v) is 10.9. The topological polar surface area (TPSA) is 3.24 Å². The van der Waals surface area contributed by atoms with Crippen LogP contribution in [0, 0.1) is 5.92 Å². The molecular formula is C14H19NS. The lowest BCUT2D eigenvalue weighted by atomic mass is 10.0. The van der Waals surface area contributed by atoms with Crippen molar-refractivity contribution in [2.45, 2.75) is 33.1 Å². The Hall–Kier alpha value is -0.890. The molecule has 1 heterocycles. The molecule has 0 bridgehead atoms. The number of hydrogen-bond donors (Lipinski definition) is 0. The minimum atomic E-state index is 0.640. The molecule has 1 aromatic carbocycles. The van der Waals surface area contributed by atoms with E-state index in [2.05, 4.69) is 43.0 Å². The molecule has 0 radical (unpaired) electrons. The zero-order chi connectivity index (χ0) is 11.5. The summed E-state index contributed by atoms with van der Waals surface area (Å²) in [7, 11) is 0. The van der Waals surface area contributed by atoms with Gasteiger partial charge in [0.2, 0.25) is 0 Å². The highest BCUT2D eigenvalue weighted by Gasteiger charge is 2.19. The van der Waals surface area contributed by atoms with Crippen LogP contribution in [0.4, 0.5) is 5.69 Å². The van der Waals surface area contributed by atoms with Crippen LogP contribution in [0.1, 0.15) is 32.3 Å². The molecule has 0 atom stereocenters. The van der Waals surface area contributed by atoms with Crippen molar-refractivity contribution in [1.82, 2.24) is 0 Å². The second kappa shape index (κ2) is 4.96. The van der Waals surface area contributed by atoms with E-state index in [-0.39, 0.29) is 0 Å². The molecule has 16 heavy (non-hydrogen) atoms. The molecular weight excluding hydrogens is 214 g/mol. The number of benzene rings is 1. The highest BCUT2D eigenvalue weighted by molar-refractivity contribution is 7.80. The lowest BCUT2D eigenvalue weighted by Gasteiger charge is -2.32. The average Bonchev–Trinajstić information content (AvgIpc) is 2.27. The highest BCUT2D eigenvalue weighted by atomic mass is 32.1. The maximum Gasteiger partial charge on any atom is 0.0826 e. The van der Waals surface area contributed by atoms with Gasteiger partial charge in [0.1, 0.15) is 0 Å². The fraction of sp³-hybridized carbons (Fsp3) is 0.500. The molecule has 0 N–H and O–H groups in total. The van der Waals surface area contributed by atoms with Crippen LogP contribution in [0.5, 0.6) is 0 Å². The number of aryl methyl sites for hydroxylation is 1. The molecule has 1 aliphatic rings. The molecule has 86 valence electrons. The molecule has 1 aromatic rings. The van der Waals surface area contributed by atoms with Gasteiger partial charge in [0, 0.05) is 18.7 Å². The van der Waals surface area contributed by atoms with E-state index >= 15 is 0 Å². The standard InChI is InChI=1S/C14H19NS/c1-11(2)10-14(16)15-9-5-7-12-6-3-4-8-13(12)15/h3-4,6,8,11H,5,7,9-10H2,1-2H3. The van der Waals surface area contributed by atoms with E-state index in [1.165, 1.54) is 24.1 Å². The van der Waals surface area contributed by atoms with Gasteiger partial charge in [-0.15, -0.1) is 0 Å². The maximum atomic E-state index is 5.55. The number of nitrogens with zero attached hydrogens (tertiary/aromatic N) is 1. The summed E-state index contributed by atoms with van der Waals surface area (Å²) < 4.78 is 0. The van der Waals surface area contributed by atoms with Crippen molar-refractivity contribution in [2.75, 3.05) is 11.4 Å². The predicted octanol–water partition coefficient (Wildman–Crippen LogP) is 3.81. The van der Waals surface area contributed by atoms with E-state index in [1.54, 1.807) is 0 Å². The minimum absolute atomic E-state index is 0.640. The van der Waals surface area contributed by atoms with Crippen LogP contribution < -0.4 is 4.90 Å². The Morgan fingerprint density at radius 3 is 2.88 bits per heavy atom. The summed E-state index contributed by atoms with van der Waals surface area (Å²) in [6, 6.07) is 8.64. The third-order valence-electron chi connectivity index (χ3n) is 2.99. The Kier molecular flexibility index (Phi) is 3.59. The molecule has 0 amide bonds. The number of rotatable bonds is 2. The Bertz CT molecular complexity index is 384. The molecule has 0 saturated heterocycles. The molecule has 0 saturated carbocycles. The first-order valence-corrected chi connectivity index (χ1v) is 6.47. The Labute approximate surface area is 103 Å². The van der Waals surface area contributed by atoms with Gasteiger partial charge in [-0.1, -0.05) is 44.3 Å². The van der Waals surface area contributed by atoms with Gasteiger partial charge in [-0.25, -0.2) is 0 Å². The Morgan fingerprint density at radius 2 is 2.12 bits per heavy atom. The van der Waals surface area contributed by atoms with Crippen molar-refractivity contribution >= 4 is 22.9 Å². The number of para-hydroxylation sites is 1. The summed E-state index contributed by atoms with van der Waals surface area (Å²) in [5.74, 6) is 0.640. The van der Waals surface area contributed by atoms with Gasteiger partial charge in [-0.2, -0.15) is 0 Å². The molecule has 2 heteroatoms. The third-order valence-corrected chi connectivity index (χ3v) is 3.38. The first kappa shape index (κ1) is 11.6. The van der Waals surface area contributed by atoms with Crippen LogP contribution in [0.15, 0.2) is 24.3 Å². The van der Waals surface area contributed by atoms with Crippen molar-refractivity contribution in [3.63, 3.8) is 0 Å². The number of hydrogen-bond acceptors (Lipinski definition) is 1. The summed E-state index contributed by atoms with van der Waals surface area (Å²) in [4.78, 5) is 3.43. The van der Waals surface area contributed by atoms with Crippen molar-refractivity contribution < 1.29 is 0 Å². The van der Waals surface area contributed by atoms with Crippen LogP contribution >= 0.6 is 12.2 Å². The fourth-order valence-corrected chi connectivity index (χ4v) is 2.78. The highest BCUT2D eigenvalue weighted by Crippen LogP contribution is 2.28. The molecule has 1 nitrogen and oxygen atoms in total. The first-order chi connectivity index (χ1) is 7.68. The lowest BCUT2D eigenvalue weighted by Crippen LogP contribution is -2.34. The summed E-state index contributed by atoms with van der Waals surface area (Å²) in [6.45, 7) is 5.53. The SMILES string of the molecule is CC(C)CC(=S)N1CCCc2ccccc21. The molecule has 1 aliphatic heterocycles. The molecule has 0 fully saturated rings. The van der Waals surface area contributed by atoms with Crippen molar-refractivity contribution in [3.8, 4) is 0 Å².